The van der Waals surface area contributed by atoms with E-state index >= 15 is 0 Å². The predicted molar refractivity (Wildman–Crippen MR) is 62.0 cm³/mol. The number of nitrogens with zero attached hydrogens (tertiary/aromatic N) is 1. The minimum atomic E-state index is -0.472. The van der Waals surface area contributed by atoms with Gasteiger partial charge in [-0.25, -0.2) is 8.72 Å². The molecule has 1 rings (SSSR count). The van der Waals surface area contributed by atoms with Gasteiger partial charge in [0.15, 0.2) is 0 Å². The summed E-state index contributed by atoms with van der Waals surface area (Å²) in [6.45, 7) is 5.50. The fraction of sp³-hybridized carbons (Fsp3) is 0.444. The van der Waals surface area contributed by atoms with E-state index in [0.29, 0.717) is 0 Å². The van der Waals surface area contributed by atoms with Crippen LogP contribution in [0.3, 0.4) is 0 Å². The van der Waals surface area contributed by atoms with Crippen molar-refractivity contribution in [3.63, 3.8) is 0 Å². The molecule has 0 atom stereocenters. The molecule has 0 radical (unpaired) electrons. The average molecular weight is 278 g/mol. The number of carbonyl (C=O) groups is 1. The van der Waals surface area contributed by atoms with Gasteiger partial charge in [-0.3, -0.25) is 0 Å². The first kappa shape index (κ1) is 11.5. The fourth-order valence-corrected chi connectivity index (χ4v) is 1.84. The van der Waals surface area contributed by atoms with Crippen LogP contribution >= 0.6 is 27.5 Å². The molecule has 1 heterocycles. The summed E-state index contributed by atoms with van der Waals surface area (Å²) in [5, 5.41) is 2.70. The summed E-state index contributed by atoms with van der Waals surface area (Å²) in [7, 11) is 0. The molecule has 0 aliphatic heterocycles. The topological polar surface area (TPSA) is 29.5 Å². The van der Waals surface area contributed by atoms with E-state index in [4.69, 9.17) is 4.74 Å². The Morgan fingerprint density at radius 2 is 2.21 bits per heavy atom. The molecule has 1 amide bonds. The molecule has 1 aromatic heterocycles. The third-order valence-corrected chi connectivity index (χ3v) is 3.01. The van der Waals surface area contributed by atoms with Gasteiger partial charge in [-0.15, -0.1) is 11.3 Å². The lowest BCUT2D eigenvalue weighted by Crippen LogP contribution is -2.30. The first-order chi connectivity index (χ1) is 6.40. The van der Waals surface area contributed by atoms with Crippen molar-refractivity contribution < 1.29 is 9.53 Å². The number of hydrogen-bond acceptors (Lipinski definition) is 3. The number of ether oxygens (including phenoxy) is 1. The van der Waals surface area contributed by atoms with Crippen molar-refractivity contribution in [2.24, 2.45) is 0 Å². The molecule has 0 saturated carbocycles. The van der Waals surface area contributed by atoms with E-state index in [1.165, 1.54) is 15.3 Å². The van der Waals surface area contributed by atoms with Crippen molar-refractivity contribution in [1.82, 2.24) is 0 Å². The Labute approximate surface area is 96.0 Å². The summed E-state index contributed by atoms with van der Waals surface area (Å²) in [6.07, 6.45) is -0.403. The normalized spacial score (nSPS) is 11.1. The molecule has 0 N–H and O–H groups in total. The van der Waals surface area contributed by atoms with Gasteiger partial charge >= 0.3 is 6.09 Å². The predicted octanol–water partition coefficient (Wildman–Crippen LogP) is 3.80. The Balaban J connectivity index is 2.63. The highest BCUT2D eigenvalue weighted by Gasteiger charge is 2.22. The van der Waals surface area contributed by atoms with E-state index < -0.39 is 11.7 Å². The second kappa shape index (κ2) is 4.31. The highest BCUT2D eigenvalue weighted by atomic mass is 79.9. The van der Waals surface area contributed by atoms with Crippen LogP contribution in [0, 0.1) is 0 Å². The van der Waals surface area contributed by atoms with Crippen LogP contribution in [0.25, 0.3) is 0 Å². The summed E-state index contributed by atoms with van der Waals surface area (Å²) >= 11 is 4.62. The summed E-state index contributed by atoms with van der Waals surface area (Å²) in [6, 6.07) is 3.71. The smallest absolute Gasteiger partial charge is 0.425 e. The maximum absolute atomic E-state index is 11.5. The summed E-state index contributed by atoms with van der Waals surface area (Å²) in [5.41, 5.74) is -0.472. The maximum atomic E-state index is 11.5. The van der Waals surface area contributed by atoms with E-state index in [1.807, 2.05) is 38.3 Å². The number of amides is 1. The third-order valence-electron chi connectivity index (χ3n) is 1.25. The summed E-state index contributed by atoms with van der Waals surface area (Å²) in [4.78, 5) is 11.5. The Morgan fingerprint density at radius 3 is 2.64 bits per heavy atom. The average Bonchev–Trinajstić information content (AvgIpc) is 2.51. The van der Waals surface area contributed by atoms with Crippen LogP contribution in [0.5, 0.6) is 0 Å². The molecular weight excluding hydrogens is 266 g/mol. The third kappa shape index (κ3) is 3.31. The quantitative estimate of drug-likeness (QED) is 0.731. The lowest BCUT2D eigenvalue weighted by molar-refractivity contribution is 0.0615. The Bertz CT molecular complexity index is 305. The molecule has 0 aliphatic rings. The number of hydrogen-bond donors (Lipinski definition) is 0. The molecule has 78 valence electrons. The monoisotopic (exact) mass is 277 g/mol. The van der Waals surface area contributed by atoms with Gasteiger partial charge in [0, 0.05) is 0 Å². The van der Waals surface area contributed by atoms with Crippen LogP contribution in [-0.4, -0.2) is 11.7 Å². The first-order valence-corrected chi connectivity index (χ1v) is 5.71. The SMILES string of the molecule is CC(C)(C)OC(=O)N(Br)c1cccs1. The van der Waals surface area contributed by atoms with E-state index in [2.05, 4.69) is 16.1 Å². The number of thiophene rings is 1. The van der Waals surface area contributed by atoms with Crippen molar-refractivity contribution in [1.29, 1.82) is 0 Å². The van der Waals surface area contributed by atoms with Crippen LogP contribution in [0.1, 0.15) is 20.8 Å². The second-order valence-corrected chi connectivity index (χ2v) is 5.35. The Hall–Kier alpha value is -0.550. The zero-order valence-corrected chi connectivity index (χ0v) is 10.7. The summed E-state index contributed by atoms with van der Waals surface area (Å²) < 4.78 is 6.49. The van der Waals surface area contributed by atoms with Crippen LogP contribution in [-0.2, 0) is 4.74 Å². The molecule has 0 aromatic carbocycles. The zero-order valence-electron chi connectivity index (χ0n) is 8.28. The van der Waals surface area contributed by atoms with Crippen molar-refractivity contribution in [2.45, 2.75) is 26.4 Å². The lowest BCUT2D eigenvalue weighted by atomic mass is 10.2. The molecule has 0 saturated heterocycles. The van der Waals surface area contributed by atoms with Gasteiger partial charge in [-0.1, -0.05) is 0 Å². The molecule has 5 heteroatoms. The van der Waals surface area contributed by atoms with E-state index in [-0.39, 0.29) is 0 Å². The van der Waals surface area contributed by atoms with Gasteiger partial charge in [-0.05, 0) is 38.3 Å². The highest BCUT2D eigenvalue weighted by molar-refractivity contribution is 9.10. The minimum Gasteiger partial charge on any atom is -0.443 e. The first-order valence-electron chi connectivity index (χ1n) is 4.12. The molecule has 0 spiro atoms. The molecule has 14 heavy (non-hydrogen) atoms. The molecule has 3 nitrogen and oxygen atoms in total. The molecular formula is C9H12BrNO2S. The standard InChI is InChI=1S/C9H12BrNO2S/c1-9(2,3)13-8(12)11(10)7-5-4-6-14-7/h4-6H,1-3H3. The van der Waals surface area contributed by atoms with Crippen molar-refractivity contribution in [3.8, 4) is 0 Å². The van der Waals surface area contributed by atoms with E-state index in [9.17, 15) is 4.79 Å². The molecule has 0 unspecified atom stereocenters. The zero-order chi connectivity index (χ0) is 10.8. The molecule has 0 aliphatic carbocycles. The van der Waals surface area contributed by atoms with Gasteiger partial charge in [0.25, 0.3) is 0 Å². The second-order valence-electron chi connectivity index (χ2n) is 3.71. The van der Waals surface area contributed by atoms with E-state index in [1.54, 1.807) is 0 Å². The highest BCUT2D eigenvalue weighted by Crippen LogP contribution is 2.26. The van der Waals surface area contributed by atoms with Crippen molar-refractivity contribution >= 4 is 38.6 Å². The molecule has 0 bridgehead atoms. The van der Waals surface area contributed by atoms with Crippen LogP contribution < -0.4 is 3.93 Å². The number of halogens is 1. The van der Waals surface area contributed by atoms with Crippen molar-refractivity contribution in [2.75, 3.05) is 3.93 Å². The summed E-state index contributed by atoms with van der Waals surface area (Å²) in [5.74, 6) is 0. The fourth-order valence-electron chi connectivity index (χ4n) is 0.774. The Kier molecular flexibility index (Phi) is 3.55. The van der Waals surface area contributed by atoms with Crippen LogP contribution in [0.4, 0.5) is 9.80 Å². The largest absolute Gasteiger partial charge is 0.443 e. The van der Waals surface area contributed by atoms with Gasteiger partial charge in [0.1, 0.15) is 10.6 Å². The van der Waals surface area contributed by atoms with Crippen molar-refractivity contribution in [3.05, 3.63) is 17.5 Å². The van der Waals surface area contributed by atoms with Gasteiger partial charge in [0.05, 0.1) is 16.1 Å². The number of rotatable bonds is 1. The van der Waals surface area contributed by atoms with Gasteiger partial charge in [-0.2, -0.15) is 0 Å². The number of carbonyl (C=O) groups excluding carboxylic acids is 1. The van der Waals surface area contributed by atoms with Gasteiger partial charge in [0.2, 0.25) is 0 Å². The lowest BCUT2D eigenvalue weighted by Gasteiger charge is -2.22. The minimum absolute atomic E-state index is 0.403. The Morgan fingerprint density at radius 1 is 1.57 bits per heavy atom. The molecule has 0 fully saturated rings. The van der Waals surface area contributed by atoms with E-state index in [0.717, 1.165) is 5.00 Å². The maximum Gasteiger partial charge on any atom is 0.425 e. The molecule has 1 aromatic rings. The number of anilines is 1. The van der Waals surface area contributed by atoms with Gasteiger partial charge < -0.3 is 4.74 Å². The van der Waals surface area contributed by atoms with Crippen LogP contribution in [0.15, 0.2) is 17.5 Å². The van der Waals surface area contributed by atoms with Crippen LogP contribution in [0.2, 0.25) is 0 Å².